The van der Waals surface area contributed by atoms with Crippen molar-refractivity contribution in [3.05, 3.63) is 71.8 Å². The molecule has 0 aliphatic heterocycles. The molecule has 0 unspecified atom stereocenters. The van der Waals surface area contributed by atoms with Crippen LogP contribution in [0.4, 0.5) is 11.4 Å². The molecule has 0 bridgehead atoms. The van der Waals surface area contributed by atoms with Crippen LogP contribution in [0, 0.1) is 0 Å². The van der Waals surface area contributed by atoms with Crippen LogP contribution < -0.4 is 11.5 Å². The zero-order valence-electron chi connectivity index (χ0n) is 10.6. The Morgan fingerprint density at radius 1 is 0.684 bits per heavy atom. The number of rotatable bonds is 2. The molecule has 2 aromatic rings. The number of benzene rings is 2. The van der Waals surface area contributed by atoms with E-state index in [1.807, 2.05) is 24.3 Å². The summed E-state index contributed by atoms with van der Waals surface area (Å²) >= 11 is 0. The number of hydrogen-bond donors (Lipinski definition) is 2. The molecule has 0 aromatic heterocycles. The van der Waals surface area contributed by atoms with Crippen LogP contribution in [0.25, 0.3) is 11.1 Å². The third-order valence-electron chi connectivity index (χ3n) is 3.40. The van der Waals surface area contributed by atoms with E-state index in [1.165, 1.54) is 22.3 Å². The molecule has 2 aromatic carbocycles. The lowest BCUT2D eigenvalue weighted by Crippen LogP contribution is -1.86. The molecule has 0 saturated carbocycles. The summed E-state index contributed by atoms with van der Waals surface area (Å²) < 4.78 is 0. The monoisotopic (exact) mass is 248 g/mol. The second kappa shape index (κ2) is 4.65. The highest BCUT2D eigenvalue weighted by molar-refractivity contribution is 5.89. The lowest BCUT2D eigenvalue weighted by molar-refractivity contribution is 1.43. The van der Waals surface area contributed by atoms with E-state index in [-0.39, 0.29) is 0 Å². The van der Waals surface area contributed by atoms with Gasteiger partial charge in [-0.2, -0.15) is 0 Å². The molecular formula is C17H16N2. The normalized spacial score (nSPS) is 14.1. The van der Waals surface area contributed by atoms with Crippen molar-refractivity contribution in [3.8, 4) is 0 Å². The molecule has 1 aliphatic carbocycles. The van der Waals surface area contributed by atoms with E-state index in [1.54, 1.807) is 0 Å². The molecule has 0 fully saturated rings. The van der Waals surface area contributed by atoms with Crippen LogP contribution in [0.15, 0.2) is 60.7 Å². The van der Waals surface area contributed by atoms with Gasteiger partial charge in [0.25, 0.3) is 0 Å². The molecule has 0 spiro atoms. The number of nitrogens with two attached hydrogens (primary N) is 2. The summed E-state index contributed by atoms with van der Waals surface area (Å²) in [5, 5.41) is 0. The quantitative estimate of drug-likeness (QED) is 0.796. The number of anilines is 2. The van der Waals surface area contributed by atoms with Crippen LogP contribution in [-0.4, -0.2) is 0 Å². The molecule has 3 rings (SSSR count). The first-order valence-corrected chi connectivity index (χ1v) is 6.35. The smallest absolute Gasteiger partial charge is 0.0314 e. The minimum atomic E-state index is 0.796. The van der Waals surface area contributed by atoms with Gasteiger partial charge in [-0.1, -0.05) is 36.4 Å². The summed E-state index contributed by atoms with van der Waals surface area (Å²) in [6.45, 7) is 0. The van der Waals surface area contributed by atoms with Crippen LogP contribution >= 0.6 is 0 Å². The summed E-state index contributed by atoms with van der Waals surface area (Å²) in [6, 6.07) is 16.0. The Bertz CT molecular complexity index is 647. The van der Waals surface area contributed by atoms with Crippen molar-refractivity contribution in [2.75, 3.05) is 11.5 Å². The minimum Gasteiger partial charge on any atom is -0.399 e. The summed E-state index contributed by atoms with van der Waals surface area (Å²) in [4.78, 5) is 0. The first-order chi connectivity index (χ1) is 9.22. The van der Waals surface area contributed by atoms with Gasteiger partial charge in [0.15, 0.2) is 0 Å². The molecule has 0 radical (unpaired) electrons. The summed E-state index contributed by atoms with van der Waals surface area (Å²) in [7, 11) is 0. The predicted octanol–water partition coefficient (Wildman–Crippen LogP) is 3.72. The van der Waals surface area contributed by atoms with Crippen molar-refractivity contribution in [2.45, 2.75) is 6.42 Å². The molecule has 2 heteroatoms. The Morgan fingerprint density at radius 2 is 1.21 bits per heavy atom. The van der Waals surface area contributed by atoms with E-state index in [9.17, 15) is 0 Å². The average Bonchev–Trinajstić information content (AvgIpc) is 2.90. The average molecular weight is 248 g/mol. The molecule has 0 atom stereocenters. The van der Waals surface area contributed by atoms with Crippen molar-refractivity contribution < 1.29 is 0 Å². The standard InChI is InChI=1S/C17H16N2/c18-16-7-3-12(4-8-16)14-1-2-15(11-14)13-5-9-17(19)10-6-13/h1,3-11H,2,18-19H2. The highest BCUT2D eigenvalue weighted by atomic mass is 14.5. The van der Waals surface area contributed by atoms with Crippen molar-refractivity contribution in [3.63, 3.8) is 0 Å². The highest BCUT2D eigenvalue weighted by Crippen LogP contribution is 2.32. The highest BCUT2D eigenvalue weighted by Gasteiger charge is 2.10. The maximum absolute atomic E-state index is 5.71. The van der Waals surface area contributed by atoms with E-state index in [4.69, 9.17) is 11.5 Å². The maximum atomic E-state index is 5.71. The minimum absolute atomic E-state index is 0.796. The van der Waals surface area contributed by atoms with Crippen LogP contribution in [0.2, 0.25) is 0 Å². The third-order valence-corrected chi connectivity index (χ3v) is 3.40. The Balaban J connectivity index is 1.87. The summed E-state index contributed by atoms with van der Waals surface area (Å²) in [6.07, 6.45) is 5.44. The van der Waals surface area contributed by atoms with E-state index in [0.29, 0.717) is 0 Å². The van der Waals surface area contributed by atoms with Gasteiger partial charge in [0, 0.05) is 11.4 Å². The van der Waals surface area contributed by atoms with Gasteiger partial charge in [-0.05, 0) is 53.0 Å². The van der Waals surface area contributed by atoms with E-state index in [2.05, 4.69) is 36.4 Å². The fourth-order valence-electron chi connectivity index (χ4n) is 2.30. The molecule has 94 valence electrons. The summed E-state index contributed by atoms with van der Waals surface area (Å²) in [5.41, 5.74) is 18.0. The molecule has 19 heavy (non-hydrogen) atoms. The second-order valence-electron chi connectivity index (χ2n) is 4.78. The Hall–Kier alpha value is -2.48. The molecule has 0 heterocycles. The van der Waals surface area contributed by atoms with Gasteiger partial charge in [-0.25, -0.2) is 0 Å². The van der Waals surface area contributed by atoms with Crippen LogP contribution in [0.5, 0.6) is 0 Å². The number of allylic oxidation sites excluding steroid dienone is 4. The zero-order valence-corrected chi connectivity index (χ0v) is 10.6. The van der Waals surface area contributed by atoms with Crippen molar-refractivity contribution in [2.24, 2.45) is 0 Å². The number of nitrogen functional groups attached to an aromatic ring is 2. The van der Waals surface area contributed by atoms with Gasteiger partial charge < -0.3 is 11.5 Å². The predicted molar refractivity (Wildman–Crippen MR) is 82.3 cm³/mol. The van der Waals surface area contributed by atoms with Crippen LogP contribution in [-0.2, 0) is 0 Å². The van der Waals surface area contributed by atoms with Crippen molar-refractivity contribution in [1.29, 1.82) is 0 Å². The SMILES string of the molecule is Nc1ccc(C2=CCC(c3ccc(N)cc3)=C2)cc1. The zero-order chi connectivity index (χ0) is 13.2. The maximum Gasteiger partial charge on any atom is 0.0314 e. The van der Waals surface area contributed by atoms with Crippen molar-refractivity contribution in [1.82, 2.24) is 0 Å². The first kappa shape index (κ1) is 11.6. The molecule has 0 amide bonds. The van der Waals surface area contributed by atoms with Crippen LogP contribution in [0.3, 0.4) is 0 Å². The molecule has 2 nitrogen and oxygen atoms in total. The van der Waals surface area contributed by atoms with E-state index < -0.39 is 0 Å². The second-order valence-corrected chi connectivity index (χ2v) is 4.78. The lowest BCUT2D eigenvalue weighted by atomic mass is 10.0. The Morgan fingerprint density at radius 3 is 1.79 bits per heavy atom. The molecule has 0 saturated heterocycles. The first-order valence-electron chi connectivity index (χ1n) is 6.35. The molecular weight excluding hydrogens is 232 g/mol. The van der Waals surface area contributed by atoms with Gasteiger partial charge in [0.1, 0.15) is 0 Å². The topological polar surface area (TPSA) is 52.0 Å². The van der Waals surface area contributed by atoms with Gasteiger partial charge in [-0.3, -0.25) is 0 Å². The Labute approximate surface area is 113 Å². The largest absolute Gasteiger partial charge is 0.399 e. The van der Waals surface area contributed by atoms with Crippen LogP contribution in [0.1, 0.15) is 17.5 Å². The van der Waals surface area contributed by atoms with Gasteiger partial charge in [0.05, 0.1) is 0 Å². The van der Waals surface area contributed by atoms with E-state index >= 15 is 0 Å². The fourth-order valence-corrected chi connectivity index (χ4v) is 2.30. The lowest BCUT2D eigenvalue weighted by Gasteiger charge is -2.02. The van der Waals surface area contributed by atoms with Gasteiger partial charge in [0.2, 0.25) is 0 Å². The van der Waals surface area contributed by atoms with E-state index in [0.717, 1.165) is 17.8 Å². The van der Waals surface area contributed by atoms with Gasteiger partial charge >= 0.3 is 0 Å². The summed E-state index contributed by atoms with van der Waals surface area (Å²) in [5.74, 6) is 0. The van der Waals surface area contributed by atoms with Gasteiger partial charge in [-0.15, -0.1) is 0 Å². The Kier molecular flexibility index (Phi) is 2.84. The number of hydrogen-bond acceptors (Lipinski definition) is 2. The fraction of sp³-hybridized carbons (Fsp3) is 0.0588. The third kappa shape index (κ3) is 2.38. The molecule has 1 aliphatic rings. The molecule has 4 N–H and O–H groups in total. The van der Waals surface area contributed by atoms with Crippen molar-refractivity contribution >= 4 is 22.5 Å².